The van der Waals surface area contributed by atoms with Gasteiger partial charge in [0.15, 0.2) is 0 Å². The fourth-order valence-electron chi connectivity index (χ4n) is 3.96. The Morgan fingerprint density at radius 3 is 2.48 bits per heavy atom. The first-order valence-electron chi connectivity index (χ1n) is 9.85. The molecule has 0 spiro atoms. The summed E-state index contributed by atoms with van der Waals surface area (Å²) in [6.07, 6.45) is 11.5. The molecule has 1 N–H and O–H groups in total. The number of unbranched alkanes of at least 4 members (excludes halogenated alkanes) is 1. The number of amides is 1. The van der Waals surface area contributed by atoms with Gasteiger partial charge in [0, 0.05) is 5.92 Å². The van der Waals surface area contributed by atoms with E-state index in [1.165, 1.54) is 38.5 Å². The Morgan fingerprint density at radius 1 is 1.16 bits per heavy atom. The average molecular weight is 342 g/mol. The van der Waals surface area contributed by atoms with Crippen molar-refractivity contribution in [1.29, 1.82) is 0 Å². The summed E-state index contributed by atoms with van der Waals surface area (Å²) in [6.45, 7) is 2.90. The smallest absolute Gasteiger partial charge is 0.243 e. The van der Waals surface area contributed by atoms with Crippen molar-refractivity contribution in [2.24, 2.45) is 22.9 Å². The molecule has 0 bridgehead atoms. The quantitative estimate of drug-likeness (QED) is 0.449. The average Bonchev–Trinajstić information content (AvgIpc) is 3.27. The molecule has 2 fully saturated rings. The van der Waals surface area contributed by atoms with Crippen LogP contribution in [-0.4, -0.2) is 18.7 Å². The second-order valence-electron chi connectivity index (χ2n) is 7.35. The zero-order chi connectivity index (χ0) is 17.5. The van der Waals surface area contributed by atoms with Crippen LogP contribution in [-0.2, 0) is 4.79 Å². The fourth-order valence-corrected chi connectivity index (χ4v) is 3.96. The molecule has 2 aliphatic carbocycles. The molecule has 0 radical (unpaired) electrons. The van der Waals surface area contributed by atoms with Gasteiger partial charge in [0.05, 0.1) is 12.8 Å². The normalized spacial score (nSPS) is 25.7. The van der Waals surface area contributed by atoms with Crippen LogP contribution in [0.2, 0.25) is 0 Å². The van der Waals surface area contributed by atoms with Gasteiger partial charge in [-0.05, 0) is 60.9 Å². The number of fused-ring (bicyclic) bond motifs is 1. The standard InChI is InChI=1S/C21H30N2O2/c1-2-3-14-25-17-12-10-16(11-13-17)15-22-23-21(24)20-18-8-6-4-5-7-9-19(18)20/h10-13,15,18-20H,2-9,14H2,1H3,(H,23,24)/t18-,19+,20?. The monoisotopic (exact) mass is 342 g/mol. The van der Waals surface area contributed by atoms with Crippen LogP contribution in [0, 0.1) is 17.8 Å². The first kappa shape index (κ1) is 18.0. The molecule has 1 unspecified atom stereocenters. The Hall–Kier alpha value is -1.84. The van der Waals surface area contributed by atoms with Crippen LogP contribution in [0.5, 0.6) is 5.75 Å². The van der Waals surface area contributed by atoms with Crippen molar-refractivity contribution in [3.8, 4) is 5.75 Å². The van der Waals surface area contributed by atoms with Crippen molar-refractivity contribution in [2.75, 3.05) is 6.61 Å². The molecule has 3 atom stereocenters. The van der Waals surface area contributed by atoms with Gasteiger partial charge in [-0.2, -0.15) is 5.10 Å². The highest BCUT2D eigenvalue weighted by molar-refractivity contribution is 5.85. The van der Waals surface area contributed by atoms with Crippen LogP contribution >= 0.6 is 0 Å². The number of ether oxygens (including phenoxy) is 1. The molecule has 0 aromatic heterocycles. The van der Waals surface area contributed by atoms with Crippen molar-refractivity contribution in [3.63, 3.8) is 0 Å². The summed E-state index contributed by atoms with van der Waals surface area (Å²) < 4.78 is 5.64. The third kappa shape index (κ3) is 5.07. The zero-order valence-corrected chi connectivity index (χ0v) is 15.2. The number of nitrogens with zero attached hydrogens (tertiary/aromatic N) is 1. The third-order valence-electron chi connectivity index (χ3n) is 5.49. The maximum atomic E-state index is 12.3. The molecule has 1 amide bonds. The summed E-state index contributed by atoms with van der Waals surface area (Å²) in [6, 6.07) is 7.81. The first-order chi connectivity index (χ1) is 12.3. The lowest BCUT2D eigenvalue weighted by molar-refractivity contribution is -0.122. The number of benzene rings is 1. The number of nitrogens with one attached hydrogen (secondary N) is 1. The molecule has 136 valence electrons. The van der Waals surface area contributed by atoms with Gasteiger partial charge in [0.1, 0.15) is 5.75 Å². The maximum Gasteiger partial charge on any atom is 0.243 e. The van der Waals surface area contributed by atoms with Gasteiger partial charge >= 0.3 is 0 Å². The van der Waals surface area contributed by atoms with E-state index in [1.54, 1.807) is 6.21 Å². The minimum absolute atomic E-state index is 0.104. The van der Waals surface area contributed by atoms with E-state index in [4.69, 9.17) is 4.74 Å². The van der Waals surface area contributed by atoms with Gasteiger partial charge in [-0.1, -0.05) is 39.0 Å². The van der Waals surface area contributed by atoms with Crippen molar-refractivity contribution in [3.05, 3.63) is 29.8 Å². The summed E-state index contributed by atoms with van der Waals surface area (Å²) in [7, 11) is 0. The van der Waals surface area contributed by atoms with Crippen molar-refractivity contribution >= 4 is 12.1 Å². The lowest BCUT2D eigenvalue weighted by Crippen LogP contribution is -2.21. The van der Waals surface area contributed by atoms with E-state index in [-0.39, 0.29) is 11.8 Å². The van der Waals surface area contributed by atoms with Gasteiger partial charge in [-0.25, -0.2) is 5.43 Å². The summed E-state index contributed by atoms with van der Waals surface area (Å²) in [5, 5.41) is 4.15. The highest BCUT2D eigenvalue weighted by Gasteiger charge is 2.53. The third-order valence-corrected chi connectivity index (χ3v) is 5.49. The summed E-state index contributed by atoms with van der Waals surface area (Å²) >= 11 is 0. The van der Waals surface area contributed by atoms with Gasteiger partial charge in [-0.15, -0.1) is 0 Å². The number of rotatable bonds is 7. The number of carbonyl (C=O) groups is 1. The van der Waals surface area contributed by atoms with Crippen molar-refractivity contribution in [1.82, 2.24) is 5.43 Å². The van der Waals surface area contributed by atoms with Gasteiger partial charge < -0.3 is 4.74 Å². The minimum atomic E-state index is 0.104. The molecule has 1 aromatic carbocycles. The highest BCUT2D eigenvalue weighted by atomic mass is 16.5. The lowest BCUT2D eigenvalue weighted by Gasteiger charge is -2.04. The van der Waals surface area contributed by atoms with Crippen LogP contribution in [0.1, 0.15) is 63.9 Å². The maximum absolute atomic E-state index is 12.3. The van der Waals surface area contributed by atoms with E-state index in [1.807, 2.05) is 24.3 Å². The number of hydrogen-bond donors (Lipinski definition) is 1. The van der Waals surface area contributed by atoms with Gasteiger partial charge in [0.25, 0.3) is 0 Å². The molecule has 3 rings (SSSR count). The molecular weight excluding hydrogens is 312 g/mol. The predicted octanol–water partition coefficient (Wildman–Crippen LogP) is 4.53. The number of hydrazone groups is 1. The number of carbonyl (C=O) groups excluding carboxylic acids is 1. The Kier molecular flexibility index (Phi) is 6.48. The molecule has 2 saturated carbocycles. The number of hydrogen-bond acceptors (Lipinski definition) is 3. The van der Waals surface area contributed by atoms with E-state index < -0.39 is 0 Å². The van der Waals surface area contributed by atoms with E-state index in [2.05, 4.69) is 17.5 Å². The van der Waals surface area contributed by atoms with Crippen LogP contribution in [0.15, 0.2) is 29.4 Å². The van der Waals surface area contributed by atoms with Crippen LogP contribution < -0.4 is 10.2 Å². The largest absolute Gasteiger partial charge is 0.494 e. The molecule has 0 heterocycles. The van der Waals surface area contributed by atoms with Crippen molar-refractivity contribution in [2.45, 2.75) is 58.3 Å². The SMILES string of the molecule is CCCCOc1ccc(C=NNC(=O)C2[C@H]3CCCCCC[C@@H]23)cc1. The highest BCUT2D eigenvalue weighted by Crippen LogP contribution is 2.53. The van der Waals surface area contributed by atoms with Gasteiger partial charge in [-0.3, -0.25) is 4.79 Å². The van der Waals surface area contributed by atoms with E-state index >= 15 is 0 Å². The van der Waals surface area contributed by atoms with E-state index in [9.17, 15) is 4.79 Å². The van der Waals surface area contributed by atoms with Crippen molar-refractivity contribution < 1.29 is 9.53 Å². The molecule has 0 saturated heterocycles. The molecule has 4 heteroatoms. The molecule has 4 nitrogen and oxygen atoms in total. The Labute approximate surface area is 151 Å². The van der Waals surface area contributed by atoms with Crippen LogP contribution in [0.4, 0.5) is 0 Å². The minimum Gasteiger partial charge on any atom is -0.494 e. The van der Waals surface area contributed by atoms with Crippen LogP contribution in [0.25, 0.3) is 0 Å². The molecule has 25 heavy (non-hydrogen) atoms. The Balaban J connectivity index is 1.44. The second kappa shape index (κ2) is 9.02. The Bertz CT molecular complexity index is 568. The van der Waals surface area contributed by atoms with E-state index in [0.29, 0.717) is 11.8 Å². The topological polar surface area (TPSA) is 50.7 Å². The predicted molar refractivity (Wildman–Crippen MR) is 101 cm³/mol. The molecule has 1 aromatic rings. The zero-order valence-electron chi connectivity index (χ0n) is 15.2. The summed E-state index contributed by atoms with van der Waals surface area (Å²) in [5.41, 5.74) is 3.71. The molecule has 0 aliphatic heterocycles. The first-order valence-corrected chi connectivity index (χ1v) is 9.85. The second-order valence-corrected chi connectivity index (χ2v) is 7.35. The van der Waals surface area contributed by atoms with Crippen LogP contribution in [0.3, 0.4) is 0 Å². The van der Waals surface area contributed by atoms with E-state index in [0.717, 1.165) is 30.8 Å². The summed E-state index contributed by atoms with van der Waals surface area (Å²) in [5.74, 6) is 2.39. The lowest BCUT2D eigenvalue weighted by atomic mass is 10.0. The fraction of sp³-hybridized carbons (Fsp3) is 0.619. The summed E-state index contributed by atoms with van der Waals surface area (Å²) in [4.78, 5) is 12.3. The Morgan fingerprint density at radius 2 is 1.84 bits per heavy atom. The molecular formula is C21H30N2O2. The van der Waals surface area contributed by atoms with Gasteiger partial charge in [0.2, 0.25) is 5.91 Å². The molecule has 2 aliphatic rings.